The Balaban J connectivity index is 1.66. The third-order valence-electron chi connectivity index (χ3n) is 4.32. The summed E-state index contributed by atoms with van der Waals surface area (Å²) in [7, 11) is 1.68. The third kappa shape index (κ3) is 4.55. The SMILES string of the molecule is COCCNc1ccc(-c2noc(C3CCCN3CC(C)C)n2)cn1. The molecule has 2 aromatic rings. The van der Waals surface area contributed by atoms with Gasteiger partial charge in [-0.25, -0.2) is 4.98 Å². The van der Waals surface area contributed by atoms with Crippen LogP contribution in [0.15, 0.2) is 22.9 Å². The smallest absolute Gasteiger partial charge is 0.244 e. The lowest BCUT2D eigenvalue weighted by molar-refractivity contribution is 0.189. The number of nitrogens with zero attached hydrogens (tertiary/aromatic N) is 4. The summed E-state index contributed by atoms with van der Waals surface area (Å²) >= 11 is 0. The summed E-state index contributed by atoms with van der Waals surface area (Å²) in [5.41, 5.74) is 0.862. The highest BCUT2D eigenvalue weighted by Gasteiger charge is 2.31. The molecule has 3 heterocycles. The number of hydrogen-bond donors (Lipinski definition) is 1. The van der Waals surface area contributed by atoms with Gasteiger partial charge < -0.3 is 14.6 Å². The van der Waals surface area contributed by atoms with Crippen molar-refractivity contribution >= 4 is 5.82 Å². The molecule has 0 saturated carbocycles. The molecule has 25 heavy (non-hydrogen) atoms. The van der Waals surface area contributed by atoms with Gasteiger partial charge in [0, 0.05) is 32.0 Å². The van der Waals surface area contributed by atoms with Gasteiger partial charge in [-0.05, 0) is 37.4 Å². The number of methoxy groups -OCH3 is 1. The zero-order chi connectivity index (χ0) is 17.6. The number of pyridine rings is 1. The Kier molecular flexibility index (Phi) is 5.99. The van der Waals surface area contributed by atoms with Crippen LogP contribution in [-0.2, 0) is 4.74 Å². The van der Waals surface area contributed by atoms with Crippen LogP contribution >= 0.6 is 0 Å². The number of likely N-dealkylation sites (tertiary alicyclic amines) is 1. The molecule has 0 radical (unpaired) electrons. The summed E-state index contributed by atoms with van der Waals surface area (Å²) in [5.74, 6) is 2.76. The van der Waals surface area contributed by atoms with Gasteiger partial charge in [-0.1, -0.05) is 19.0 Å². The molecule has 0 bridgehead atoms. The summed E-state index contributed by atoms with van der Waals surface area (Å²) in [6.45, 7) is 8.01. The van der Waals surface area contributed by atoms with Crippen LogP contribution in [-0.4, -0.2) is 53.4 Å². The predicted molar refractivity (Wildman–Crippen MR) is 96.3 cm³/mol. The summed E-state index contributed by atoms with van der Waals surface area (Å²) in [6.07, 6.45) is 4.03. The Bertz CT molecular complexity index is 656. The van der Waals surface area contributed by atoms with Crippen LogP contribution in [0.5, 0.6) is 0 Å². The molecule has 0 aliphatic carbocycles. The Labute approximate surface area is 148 Å². The summed E-state index contributed by atoms with van der Waals surface area (Å²) < 4.78 is 10.6. The highest BCUT2D eigenvalue weighted by atomic mass is 16.5. The van der Waals surface area contributed by atoms with Gasteiger partial charge in [0.2, 0.25) is 11.7 Å². The standard InChI is InChI=1S/C18H27N5O2/c1-13(2)12-23-9-4-5-15(23)18-21-17(22-25-18)14-6-7-16(20-11-14)19-8-10-24-3/h6-7,11,13,15H,4-5,8-10,12H2,1-3H3,(H,19,20). The molecule has 7 nitrogen and oxygen atoms in total. The van der Waals surface area contributed by atoms with E-state index < -0.39 is 0 Å². The second kappa shape index (κ2) is 8.40. The largest absolute Gasteiger partial charge is 0.383 e. The lowest BCUT2D eigenvalue weighted by Gasteiger charge is -2.23. The first-order valence-corrected chi connectivity index (χ1v) is 8.94. The average molecular weight is 345 g/mol. The fourth-order valence-electron chi connectivity index (χ4n) is 3.19. The van der Waals surface area contributed by atoms with Crippen LogP contribution in [0.3, 0.4) is 0 Å². The molecule has 0 amide bonds. The van der Waals surface area contributed by atoms with Crippen molar-refractivity contribution in [3.63, 3.8) is 0 Å². The second-order valence-corrected chi connectivity index (χ2v) is 6.85. The Morgan fingerprint density at radius 1 is 1.40 bits per heavy atom. The zero-order valence-corrected chi connectivity index (χ0v) is 15.2. The van der Waals surface area contributed by atoms with Crippen molar-refractivity contribution in [3.05, 3.63) is 24.2 Å². The van der Waals surface area contributed by atoms with Crippen LogP contribution in [0.2, 0.25) is 0 Å². The quantitative estimate of drug-likeness (QED) is 0.737. The molecule has 0 spiro atoms. The van der Waals surface area contributed by atoms with Crippen molar-refractivity contribution in [1.82, 2.24) is 20.0 Å². The monoisotopic (exact) mass is 345 g/mol. The normalized spacial score (nSPS) is 18.2. The molecule has 1 aliphatic rings. The van der Waals surface area contributed by atoms with Crippen LogP contribution in [0, 0.1) is 5.92 Å². The summed E-state index contributed by atoms with van der Waals surface area (Å²) in [4.78, 5) is 11.5. The molecule has 1 unspecified atom stereocenters. The molecular formula is C18H27N5O2. The molecule has 1 N–H and O–H groups in total. The van der Waals surface area contributed by atoms with Crippen molar-refractivity contribution in [3.8, 4) is 11.4 Å². The van der Waals surface area contributed by atoms with E-state index in [4.69, 9.17) is 9.26 Å². The molecule has 7 heteroatoms. The molecular weight excluding hydrogens is 318 g/mol. The molecule has 0 aromatic carbocycles. The van der Waals surface area contributed by atoms with E-state index in [9.17, 15) is 0 Å². The van der Waals surface area contributed by atoms with Crippen molar-refractivity contribution < 1.29 is 9.26 Å². The van der Waals surface area contributed by atoms with E-state index in [-0.39, 0.29) is 6.04 Å². The van der Waals surface area contributed by atoms with E-state index in [1.165, 1.54) is 6.42 Å². The minimum absolute atomic E-state index is 0.242. The molecule has 1 aliphatic heterocycles. The highest BCUT2D eigenvalue weighted by Crippen LogP contribution is 2.32. The average Bonchev–Trinajstić information content (AvgIpc) is 3.24. The molecule has 136 valence electrons. The number of rotatable bonds is 8. The Hall–Kier alpha value is -1.99. The van der Waals surface area contributed by atoms with E-state index in [0.717, 1.165) is 43.3 Å². The van der Waals surface area contributed by atoms with Gasteiger partial charge in [-0.15, -0.1) is 0 Å². The molecule has 1 saturated heterocycles. The fraction of sp³-hybridized carbons (Fsp3) is 0.611. The predicted octanol–water partition coefficient (Wildman–Crippen LogP) is 2.98. The first-order chi connectivity index (χ1) is 12.2. The van der Waals surface area contributed by atoms with Gasteiger partial charge >= 0.3 is 0 Å². The van der Waals surface area contributed by atoms with E-state index in [0.29, 0.717) is 18.3 Å². The number of ether oxygens (including phenoxy) is 1. The van der Waals surface area contributed by atoms with Crippen molar-refractivity contribution in [1.29, 1.82) is 0 Å². The maximum atomic E-state index is 5.56. The van der Waals surface area contributed by atoms with Gasteiger partial charge in [0.1, 0.15) is 5.82 Å². The van der Waals surface area contributed by atoms with E-state index in [2.05, 4.69) is 39.2 Å². The van der Waals surface area contributed by atoms with E-state index >= 15 is 0 Å². The lowest BCUT2D eigenvalue weighted by atomic mass is 10.1. The van der Waals surface area contributed by atoms with Gasteiger partial charge in [0.25, 0.3) is 0 Å². The van der Waals surface area contributed by atoms with E-state index in [1.807, 2.05) is 12.1 Å². The molecule has 1 atom stereocenters. The molecule has 1 fully saturated rings. The Morgan fingerprint density at radius 2 is 2.28 bits per heavy atom. The maximum Gasteiger partial charge on any atom is 0.244 e. The minimum Gasteiger partial charge on any atom is -0.383 e. The molecule has 3 rings (SSSR count). The number of aromatic nitrogens is 3. The van der Waals surface area contributed by atoms with Gasteiger partial charge in [-0.2, -0.15) is 4.98 Å². The lowest BCUT2D eigenvalue weighted by Crippen LogP contribution is -2.27. The van der Waals surface area contributed by atoms with Gasteiger partial charge in [-0.3, -0.25) is 4.90 Å². The first-order valence-electron chi connectivity index (χ1n) is 8.94. The van der Waals surface area contributed by atoms with Crippen LogP contribution in [0.1, 0.15) is 38.6 Å². The van der Waals surface area contributed by atoms with Crippen molar-refractivity contribution in [2.24, 2.45) is 5.92 Å². The maximum absolute atomic E-state index is 5.56. The Morgan fingerprint density at radius 3 is 3.00 bits per heavy atom. The fourth-order valence-corrected chi connectivity index (χ4v) is 3.19. The van der Waals surface area contributed by atoms with E-state index in [1.54, 1.807) is 13.3 Å². The van der Waals surface area contributed by atoms with Crippen LogP contribution in [0.4, 0.5) is 5.82 Å². The second-order valence-electron chi connectivity index (χ2n) is 6.85. The topological polar surface area (TPSA) is 76.3 Å². The first kappa shape index (κ1) is 17.8. The zero-order valence-electron chi connectivity index (χ0n) is 15.2. The molecule has 2 aromatic heterocycles. The number of hydrogen-bond acceptors (Lipinski definition) is 7. The highest BCUT2D eigenvalue weighted by molar-refractivity contribution is 5.55. The number of anilines is 1. The van der Waals surface area contributed by atoms with Crippen LogP contribution in [0.25, 0.3) is 11.4 Å². The van der Waals surface area contributed by atoms with Crippen LogP contribution < -0.4 is 5.32 Å². The van der Waals surface area contributed by atoms with Gasteiger partial charge in [0.05, 0.1) is 12.6 Å². The summed E-state index contributed by atoms with van der Waals surface area (Å²) in [5, 5.41) is 7.35. The van der Waals surface area contributed by atoms with Crippen molar-refractivity contribution in [2.75, 3.05) is 38.7 Å². The van der Waals surface area contributed by atoms with Gasteiger partial charge in [0.15, 0.2) is 0 Å². The summed E-state index contributed by atoms with van der Waals surface area (Å²) in [6, 6.07) is 4.12. The number of nitrogens with one attached hydrogen (secondary N) is 1. The minimum atomic E-state index is 0.242. The third-order valence-corrected chi connectivity index (χ3v) is 4.32. The van der Waals surface area contributed by atoms with Crippen molar-refractivity contribution in [2.45, 2.75) is 32.7 Å².